The highest BCUT2D eigenvalue weighted by Crippen LogP contribution is 2.54. The van der Waals surface area contributed by atoms with Crippen LogP contribution in [-0.4, -0.2) is 40.5 Å². The van der Waals surface area contributed by atoms with Gasteiger partial charge in [0.15, 0.2) is 0 Å². The largest absolute Gasteiger partial charge is 0.460 e. The lowest BCUT2D eigenvalue weighted by Gasteiger charge is -2.35. The SMILES string of the molecule is OCC(Br)C(F)(F)C(F)(F)C(F)(F)C(F)(F)F. The fourth-order valence-electron chi connectivity index (χ4n) is 0.699. The Morgan fingerprint density at radius 3 is 1.41 bits per heavy atom. The molecule has 1 unspecified atom stereocenters. The summed E-state index contributed by atoms with van der Waals surface area (Å²) in [5.74, 6) is -19.4. The predicted octanol–water partition coefficient (Wildman–Crippen LogP) is 3.21. The molecule has 0 bridgehead atoms. The molecule has 0 amide bonds. The number of rotatable bonds is 4. The molecule has 104 valence electrons. The van der Waals surface area contributed by atoms with E-state index in [0.717, 1.165) is 0 Å². The van der Waals surface area contributed by atoms with Crippen LogP contribution in [0.4, 0.5) is 39.5 Å². The maximum atomic E-state index is 12.7. The van der Waals surface area contributed by atoms with E-state index in [1.807, 2.05) is 0 Å². The second-order valence-corrected chi connectivity index (χ2v) is 4.02. The van der Waals surface area contributed by atoms with Crippen molar-refractivity contribution >= 4 is 15.9 Å². The molecule has 0 aliphatic carbocycles. The first-order valence-corrected chi connectivity index (χ1v) is 4.60. The number of aliphatic hydroxyl groups excluding tert-OH is 1. The van der Waals surface area contributed by atoms with Gasteiger partial charge in [-0.25, -0.2) is 0 Å². The van der Waals surface area contributed by atoms with Crippen LogP contribution in [0, 0.1) is 0 Å². The monoisotopic (exact) mass is 342 g/mol. The molecule has 0 aromatic rings. The summed E-state index contributed by atoms with van der Waals surface area (Å²) in [5, 5.41) is 8.12. The Labute approximate surface area is 96.7 Å². The van der Waals surface area contributed by atoms with Crippen molar-refractivity contribution in [1.82, 2.24) is 0 Å². The maximum absolute atomic E-state index is 12.7. The normalized spacial score (nSPS) is 17.1. The summed E-state index contributed by atoms with van der Waals surface area (Å²) >= 11 is 1.71. The van der Waals surface area contributed by atoms with Gasteiger partial charge in [0.1, 0.15) is 4.83 Å². The highest BCUT2D eigenvalue weighted by Gasteiger charge is 2.82. The average molecular weight is 343 g/mol. The summed E-state index contributed by atoms with van der Waals surface area (Å²) in [5.41, 5.74) is 0. The van der Waals surface area contributed by atoms with E-state index in [2.05, 4.69) is 0 Å². The van der Waals surface area contributed by atoms with Crippen LogP contribution in [0.1, 0.15) is 0 Å². The first-order chi connectivity index (χ1) is 7.23. The molecule has 11 heteroatoms. The van der Waals surface area contributed by atoms with E-state index in [0.29, 0.717) is 0 Å². The molecule has 0 rings (SSSR count). The van der Waals surface area contributed by atoms with Crippen LogP contribution in [0.3, 0.4) is 0 Å². The molecule has 0 aliphatic rings. The molecular weight excluding hydrogens is 339 g/mol. The third kappa shape index (κ3) is 2.49. The highest BCUT2D eigenvalue weighted by molar-refractivity contribution is 9.09. The van der Waals surface area contributed by atoms with Gasteiger partial charge in [-0.3, -0.25) is 0 Å². The summed E-state index contributed by atoms with van der Waals surface area (Å²) < 4.78 is 110. The highest BCUT2D eigenvalue weighted by atomic mass is 79.9. The molecule has 0 aromatic heterocycles. The van der Waals surface area contributed by atoms with Gasteiger partial charge in [-0.05, 0) is 0 Å². The van der Waals surface area contributed by atoms with Gasteiger partial charge in [0, 0.05) is 0 Å². The fourth-order valence-corrected chi connectivity index (χ4v) is 0.986. The van der Waals surface area contributed by atoms with Gasteiger partial charge >= 0.3 is 23.9 Å². The number of hydrogen-bond donors (Lipinski definition) is 1. The third-order valence-corrected chi connectivity index (χ3v) is 2.59. The lowest BCUT2D eigenvalue weighted by atomic mass is 10.0. The van der Waals surface area contributed by atoms with Crippen LogP contribution in [0.2, 0.25) is 0 Å². The number of hydrogen-bond acceptors (Lipinski definition) is 1. The topological polar surface area (TPSA) is 20.2 Å². The van der Waals surface area contributed by atoms with E-state index >= 15 is 0 Å². The lowest BCUT2D eigenvalue weighted by Crippen LogP contribution is -2.63. The molecule has 0 spiro atoms. The Hall–Kier alpha value is -0.190. The molecule has 0 radical (unpaired) electrons. The summed E-state index contributed by atoms with van der Waals surface area (Å²) in [6.07, 6.45) is -6.85. The summed E-state index contributed by atoms with van der Waals surface area (Å²) in [6, 6.07) is 0. The second kappa shape index (κ2) is 4.48. The molecule has 1 N–H and O–H groups in total. The van der Waals surface area contributed by atoms with Crippen LogP contribution < -0.4 is 0 Å². The van der Waals surface area contributed by atoms with Gasteiger partial charge in [-0.15, -0.1) is 0 Å². The zero-order valence-corrected chi connectivity index (χ0v) is 9.10. The summed E-state index contributed by atoms with van der Waals surface area (Å²) in [6.45, 7) is -1.75. The molecular formula is C6H4BrF9O. The second-order valence-electron chi connectivity index (χ2n) is 2.92. The summed E-state index contributed by atoms with van der Waals surface area (Å²) in [4.78, 5) is -2.95. The smallest absolute Gasteiger partial charge is 0.395 e. The van der Waals surface area contributed by atoms with Crippen molar-refractivity contribution in [3.05, 3.63) is 0 Å². The van der Waals surface area contributed by atoms with Gasteiger partial charge in [0.05, 0.1) is 6.61 Å². The minimum absolute atomic E-state index is 1.71. The number of halogens is 10. The first kappa shape index (κ1) is 16.8. The van der Waals surface area contributed by atoms with E-state index in [1.165, 1.54) is 0 Å². The van der Waals surface area contributed by atoms with Crippen LogP contribution >= 0.6 is 15.9 Å². The van der Waals surface area contributed by atoms with Crippen molar-refractivity contribution < 1.29 is 44.6 Å². The molecule has 0 aromatic carbocycles. The molecule has 0 saturated heterocycles. The van der Waals surface area contributed by atoms with Crippen molar-refractivity contribution in [2.75, 3.05) is 6.61 Å². The molecule has 17 heavy (non-hydrogen) atoms. The van der Waals surface area contributed by atoms with Crippen molar-refractivity contribution in [2.24, 2.45) is 0 Å². The van der Waals surface area contributed by atoms with Crippen molar-refractivity contribution in [3.8, 4) is 0 Å². The Morgan fingerprint density at radius 2 is 1.18 bits per heavy atom. The standard InChI is InChI=1S/C6H4BrF9O/c7-2(1-17)3(8,9)4(10,11)5(12,13)6(14,15)16/h2,17H,1H2. The van der Waals surface area contributed by atoms with Gasteiger partial charge in [-0.2, -0.15) is 39.5 Å². The molecule has 0 saturated carbocycles. The zero-order chi connectivity index (χ0) is 14.3. The van der Waals surface area contributed by atoms with E-state index in [4.69, 9.17) is 5.11 Å². The molecule has 0 fully saturated rings. The number of aliphatic hydroxyl groups is 1. The maximum Gasteiger partial charge on any atom is 0.460 e. The first-order valence-electron chi connectivity index (χ1n) is 3.68. The molecule has 0 aliphatic heterocycles. The quantitative estimate of drug-likeness (QED) is 0.614. The van der Waals surface area contributed by atoms with Crippen LogP contribution in [-0.2, 0) is 0 Å². The Balaban J connectivity index is 5.55. The average Bonchev–Trinajstić information content (AvgIpc) is 2.13. The van der Waals surface area contributed by atoms with Crippen molar-refractivity contribution in [2.45, 2.75) is 28.8 Å². The van der Waals surface area contributed by atoms with Crippen molar-refractivity contribution in [3.63, 3.8) is 0 Å². The summed E-state index contributed by atoms with van der Waals surface area (Å²) in [7, 11) is 0. The van der Waals surface area contributed by atoms with E-state index in [1.54, 1.807) is 15.9 Å². The van der Waals surface area contributed by atoms with Crippen LogP contribution in [0.5, 0.6) is 0 Å². The molecule has 0 heterocycles. The van der Waals surface area contributed by atoms with Gasteiger partial charge in [0.2, 0.25) is 0 Å². The third-order valence-electron chi connectivity index (χ3n) is 1.72. The van der Waals surface area contributed by atoms with Crippen LogP contribution in [0.25, 0.3) is 0 Å². The van der Waals surface area contributed by atoms with Crippen LogP contribution in [0.15, 0.2) is 0 Å². The number of alkyl halides is 10. The molecule has 1 atom stereocenters. The van der Waals surface area contributed by atoms with Gasteiger partial charge in [0.25, 0.3) is 0 Å². The fraction of sp³-hybridized carbons (Fsp3) is 1.00. The van der Waals surface area contributed by atoms with E-state index in [-0.39, 0.29) is 0 Å². The zero-order valence-electron chi connectivity index (χ0n) is 7.51. The van der Waals surface area contributed by atoms with Gasteiger partial charge in [-0.1, -0.05) is 15.9 Å². The van der Waals surface area contributed by atoms with E-state index in [9.17, 15) is 39.5 Å². The minimum Gasteiger partial charge on any atom is -0.395 e. The molecule has 1 nitrogen and oxygen atoms in total. The predicted molar refractivity (Wildman–Crippen MR) is 40.7 cm³/mol. The van der Waals surface area contributed by atoms with Crippen molar-refractivity contribution in [1.29, 1.82) is 0 Å². The Kier molecular flexibility index (Phi) is 4.43. The lowest BCUT2D eigenvalue weighted by molar-refractivity contribution is -0.395. The Bertz CT molecular complexity index is 273. The van der Waals surface area contributed by atoms with E-state index < -0.39 is 35.4 Å². The van der Waals surface area contributed by atoms with Gasteiger partial charge < -0.3 is 5.11 Å². The Morgan fingerprint density at radius 1 is 0.824 bits per heavy atom. The minimum atomic E-state index is -6.93.